The lowest BCUT2D eigenvalue weighted by atomic mass is 10.2. The summed E-state index contributed by atoms with van der Waals surface area (Å²) >= 11 is 1.53. The summed E-state index contributed by atoms with van der Waals surface area (Å²) in [7, 11) is 0. The van der Waals surface area contributed by atoms with Crippen molar-refractivity contribution in [2.75, 3.05) is 6.54 Å². The Morgan fingerprint density at radius 3 is 2.68 bits per heavy atom. The first-order chi connectivity index (χ1) is 15.1. The summed E-state index contributed by atoms with van der Waals surface area (Å²) in [5.74, 6) is -0.489. The summed E-state index contributed by atoms with van der Waals surface area (Å²) in [4.78, 5) is 29.2. The summed E-state index contributed by atoms with van der Waals surface area (Å²) in [6.07, 6.45) is 4.22. The Morgan fingerprint density at radius 1 is 1.19 bits per heavy atom. The second kappa shape index (κ2) is 9.78. The summed E-state index contributed by atoms with van der Waals surface area (Å²) in [6, 6.07) is 9.76. The highest BCUT2D eigenvalue weighted by Crippen LogP contribution is 2.18. The fourth-order valence-corrected chi connectivity index (χ4v) is 4.30. The Kier molecular flexibility index (Phi) is 6.66. The van der Waals surface area contributed by atoms with Crippen molar-refractivity contribution in [3.63, 3.8) is 0 Å². The Labute approximate surface area is 183 Å². The van der Waals surface area contributed by atoms with Crippen LogP contribution in [0.5, 0.6) is 0 Å². The van der Waals surface area contributed by atoms with E-state index in [9.17, 15) is 14.0 Å². The average Bonchev–Trinajstić information content (AvgIpc) is 3.51. The lowest BCUT2D eigenvalue weighted by Gasteiger charge is -2.22. The van der Waals surface area contributed by atoms with E-state index in [-0.39, 0.29) is 36.8 Å². The summed E-state index contributed by atoms with van der Waals surface area (Å²) in [5.41, 5.74) is 0.603. The molecule has 0 unspecified atom stereocenters. The Bertz CT molecular complexity index is 1010. The first kappa shape index (κ1) is 21.1. The Morgan fingerprint density at radius 2 is 1.97 bits per heavy atom. The maximum absolute atomic E-state index is 13.1. The molecule has 0 spiro atoms. The topological polar surface area (TPSA) is 93.0 Å². The van der Waals surface area contributed by atoms with Crippen molar-refractivity contribution in [1.29, 1.82) is 0 Å². The molecule has 0 radical (unpaired) electrons. The summed E-state index contributed by atoms with van der Waals surface area (Å²) < 4.78 is 13.1. The first-order valence-corrected chi connectivity index (χ1v) is 11.1. The number of halogens is 1. The standard InChI is InChI=1S/C21H23FN6O2S/c22-16-9-7-15(8-10-16)21-24-26-28(25-21)14-20(30)27(12-18-6-3-11-31-18)13-19(29)23-17-4-1-2-5-17/h3,6-11,17H,1-2,4-5,12-14H2,(H,23,29). The molecule has 0 bridgehead atoms. The molecule has 0 saturated heterocycles. The van der Waals surface area contributed by atoms with Gasteiger partial charge in [-0.3, -0.25) is 9.59 Å². The van der Waals surface area contributed by atoms with Gasteiger partial charge < -0.3 is 10.2 Å². The van der Waals surface area contributed by atoms with Crippen LogP contribution in [0.3, 0.4) is 0 Å². The molecular weight excluding hydrogens is 419 g/mol. The van der Waals surface area contributed by atoms with E-state index in [1.54, 1.807) is 12.1 Å². The highest BCUT2D eigenvalue weighted by Gasteiger charge is 2.23. The Hall–Kier alpha value is -3.14. The van der Waals surface area contributed by atoms with E-state index < -0.39 is 0 Å². The number of carbonyl (C=O) groups excluding carboxylic acids is 2. The number of hydrogen-bond acceptors (Lipinski definition) is 6. The zero-order valence-electron chi connectivity index (χ0n) is 16.9. The molecule has 1 N–H and O–H groups in total. The molecule has 2 heterocycles. The van der Waals surface area contributed by atoms with Gasteiger partial charge in [-0.1, -0.05) is 18.9 Å². The minimum atomic E-state index is -0.355. The van der Waals surface area contributed by atoms with Gasteiger partial charge in [0.1, 0.15) is 12.4 Å². The van der Waals surface area contributed by atoms with Crippen molar-refractivity contribution in [2.45, 2.75) is 44.8 Å². The van der Waals surface area contributed by atoms with Gasteiger partial charge in [0.25, 0.3) is 0 Å². The van der Waals surface area contributed by atoms with E-state index in [4.69, 9.17) is 0 Å². The number of amides is 2. The van der Waals surface area contributed by atoms with Gasteiger partial charge in [-0.25, -0.2) is 4.39 Å². The third kappa shape index (κ3) is 5.72. The van der Waals surface area contributed by atoms with Gasteiger partial charge in [-0.05, 0) is 53.8 Å². The monoisotopic (exact) mass is 442 g/mol. The smallest absolute Gasteiger partial charge is 0.247 e. The van der Waals surface area contributed by atoms with E-state index in [1.165, 1.54) is 33.2 Å². The Balaban J connectivity index is 1.42. The van der Waals surface area contributed by atoms with Crippen molar-refractivity contribution < 1.29 is 14.0 Å². The van der Waals surface area contributed by atoms with Crippen molar-refractivity contribution in [3.05, 3.63) is 52.5 Å². The maximum Gasteiger partial charge on any atom is 0.247 e. The molecule has 2 aromatic heterocycles. The number of aromatic nitrogens is 4. The zero-order chi connectivity index (χ0) is 21.6. The normalized spacial score (nSPS) is 14.0. The van der Waals surface area contributed by atoms with Crippen LogP contribution in [-0.4, -0.2) is 49.5 Å². The van der Waals surface area contributed by atoms with Gasteiger partial charge in [-0.15, -0.1) is 21.5 Å². The lowest BCUT2D eigenvalue weighted by Crippen LogP contribution is -2.44. The van der Waals surface area contributed by atoms with Gasteiger partial charge in [0.05, 0.1) is 13.1 Å². The number of nitrogens with zero attached hydrogens (tertiary/aromatic N) is 5. The highest BCUT2D eigenvalue weighted by atomic mass is 32.1. The molecule has 4 rings (SSSR count). The summed E-state index contributed by atoms with van der Waals surface area (Å²) in [5, 5.41) is 17.1. The maximum atomic E-state index is 13.1. The molecule has 1 aromatic carbocycles. The number of benzene rings is 1. The van der Waals surface area contributed by atoms with Crippen LogP contribution in [0.4, 0.5) is 4.39 Å². The van der Waals surface area contributed by atoms with Crippen LogP contribution >= 0.6 is 11.3 Å². The number of rotatable bonds is 8. The molecule has 162 valence electrons. The minimum Gasteiger partial charge on any atom is -0.352 e. The number of nitrogens with one attached hydrogen (secondary N) is 1. The van der Waals surface area contributed by atoms with Crippen LogP contribution in [0.1, 0.15) is 30.6 Å². The third-order valence-electron chi connectivity index (χ3n) is 5.17. The second-order valence-corrected chi connectivity index (χ2v) is 8.56. The van der Waals surface area contributed by atoms with Crippen LogP contribution < -0.4 is 5.32 Å². The van der Waals surface area contributed by atoms with E-state index in [0.29, 0.717) is 17.9 Å². The first-order valence-electron chi connectivity index (χ1n) is 10.2. The largest absolute Gasteiger partial charge is 0.352 e. The number of thiophene rings is 1. The van der Waals surface area contributed by atoms with Crippen LogP contribution in [-0.2, 0) is 22.7 Å². The van der Waals surface area contributed by atoms with E-state index >= 15 is 0 Å². The third-order valence-corrected chi connectivity index (χ3v) is 6.03. The molecule has 0 aliphatic heterocycles. The molecule has 8 nitrogen and oxygen atoms in total. The fraction of sp³-hybridized carbons (Fsp3) is 0.381. The molecule has 1 aliphatic carbocycles. The van der Waals surface area contributed by atoms with Crippen molar-refractivity contribution >= 4 is 23.2 Å². The second-order valence-electron chi connectivity index (χ2n) is 7.53. The van der Waals surface area contributed by atoms with Crippen LogP contribution in [0, 0.1) is 5.82 Å². The molecule has 10 heteroatoms. The molecule has 0 atom stereocenters. The van der Waals surface area contributed by atoms with Gasteiger partial charge >= 0.3 is 0 Å². The summed E-state index contributed by atoms with van der Waals surface area (Å²) in [6.45, 7) is 0.178. The van der Waals surface area contributed by atoms with Crippen LogP contribution in [0.15, 0.2) is 41.8 Å². The molecule has 2 amide bonds. The molecule has 1 aliphatic rings. The molecule has 3 aromatic rings. The van der Waals surface area contributed by atoms with Crippen LogP contribution in [0.2, 0.25) is 0 Å². The quantitative estimate of drug-likeness (QED) is 0.579. The lowest BCUT2D eigenvalue weighted by molar-refractivity contribution is -0.137. The van der Waals surface area contributed by atoms with Gasteiger partial charge in [0.15, 0.2) is 0 Å². The van der Waals surface area contributed by atoms with Gasteiger partial charge in [-0.2, -0.15) is 4.80 Å². The van der Waals surface area contributed by atoms with Crippen molar-refractivity contribution in [1.82, 2.24) is 30.4 Å². The minimum absolute atomic E-state index is 0.0211. The fourth-order valence-electron chi connectivity index (χ4n) is 3.59. The van der Waals surface area contributed by atoms with Crippen molar-refractivity contribution in [2.24, 2.45) is 0 Å². The number of tetrazole rings is 1. The number of carbonyl (C=O) groups is 2. The number of hydrogen-bond donors (Lipinski definition) is 1. The molecule has 1 fully saturated rings. The zero-order valence-corrected chi connectivity index (χ0v) is 17.7. The van der Waals surface area contributed by atoms with Gasteiger partial charge in [0, 0.05) is 16.5 Å². The SMILES string of the molecule is O=C(CN(Cc1cccs1)C(=O)Cn1nnc(-c2ccc(F)cc2)n1)NC1CCCC1. The molecule has 1 saturated carbocycles. The molecule has 31 heavy (non-hydrogen) atoms. The highest BCUT2D eigenvalue weighted by molar-refractivity contribution is 7.09. The van der Waals surface area contributed by atoms with E-state index in [2.05, 4.69) is 20.7 Å². The predicted octanol–water partition coefficient (Wildman–Crippen LogP) is 2.63. The van der Waals surface area contributed by atoms with Crippen molar-refractivity contribution in [3.8, 4) is 11.4 Å². The van der Waals surface area contributed by atoms with Gasteiger partial charge in [0.2, 0.25) is 17.6 Å². The van der Waals surface area contributed by atoms with E-state index in [0.717, 1.165) is 30.6 Å². The predicted molar refractivity (Wildman–Crippen MR) is 113 cm³/mol. The van der Waals surface area contributed by atoms with Crippen LogP contribution in [0.25, 0.3) is 11.4 Å². The average molecular weight is 443 g/mol. The van der Waals surface area contributed by atoms with E-state index in [1.807, 2.05) is 17.5 Å². The molecular formula is C21H23FN6O2S.